The van der Waals surface area contributed by atoms with Crippen molar-refractivity contribution in [3.63, 3.8) is 0 Å². The molecule has 0 aliphatic carbocycles. The monoisotopic (exact) mass is 236 g/mol. The first kappa shape index (κ1) is 12.6. The Morgan fingerprint density at radius 3 is 2.00 bits per heavy atom. The Morgan fingerprint density at radius 2 is 1.44 bits per heavy atom. The summed E-state index contributed by atoms with van der Waals surface area (Å²) in [5.41, 5.74) is 7.98. The molecule has 0 aliphatic heterocycles. The molecule has 0 radical (unpaired) electrons. The second kappa shape index (κ2) is 5.22. The number of aryl methyl sites for hydroxylation is 3. The fourth-order valence-electron chi connectivity index (χ4n) is 2.42. The highest BCUT2D eigenvalue weighted by molar-refractivity contribution is 5.82. The molecule has 0 saturated heterocycles. The summed E-state index contributed by atoms with van der Waals surface area (Å²) in [6.07, 6.45) is 2.29. The van der Waals surface area contributed by atoms with E-state index in [-0.39, 0.29) is 0 Å². The molecule has 0 spiro atoms. The van der Waals surface area contributed by atoms with Crippen LogP contribution in [-0.2, 0) is 0 Å². The van der Waals surface area contributed by atoms with E-state index in [1.54, 1.807) is 0 Å². The molecule has 18 heavy (non-hydrogen) atoms. The van der Waals surface area contributed by atoms with Crippen LogP contribution >= 0.6 is 0 Å². The lowest BCUT2D eigenvalue weighted by molar-refractivity contribution is 1.30. The van der Waals surface area contributed by atoms with E-state index in [9.17, 15) is 0 Å². The lowest BCUT2D eigenvalue weighted by atomic mass is 9.96. The molecule has 2 aromatic rings. The molecule has 0 bridgehead atoms. The second-order valence-corrected chi connectivity index (χ2v) is 5.01. The van der Waals surface area contributed by atoms with Crippen molar-refractivity contribution >= 4 is 11.6 Å². The summed E-state index contributed by atoms with van der Waals surface area (Å²) in [5, 5.41) is 0. The predicted octanol–water partition coefficient (Wildman–Crippen LogP) is 5.17. The minimum Gasteiger partial charge on any atom is -0.0622 e. The Kier molecular flexibility index (Phi) is 3.66. The number of rotatable bonds is 2. The third kappa shape index (κ3) is 2.70. The fourth-order valence-corrected chi connectivity index (χ4v) is 2.42. The highest BCUT2D eigenvalue weighted by Crippen LogP contribution is 2.23. The molecule has 0 aromatic heterocycles. The molecule has 0 heterocycles. The van der Waals surface area contributed by atoms with E-state index < -0.39 is 0 Å². The minimum atomic E-state index is 1.29. The van der Waals surface area contributed by atoms with E-state index >= 15 is 0 Å². The molecule has 92 valence electrons. The van der Waals surface area contributed by atoms with Crippen LogP contribution in [0.5, 0.6) is 0 Å². The van der Waals surface area contributed by atoms with E-state index in [1.807, 2.05) is 0 Å². The SMILES string of the molecule is C/C(=C\c1c(C)cc(C)cc1C)c1ccccc1. The lowest BCUT2D eigenvalue weighted by Gasteiger charge is -2.09. The van der Waals surface area contributed by atoms with Gasteiger partial charge in [-0.15, -0.1) is 0 Å². The number of benzene rings is 2. The standard InChI is InChI=1S/C18H20/c1-13-10-15(3)18(16(4)11-13)12-14(2)17-8-6-5-7-9-17/h5-12H,1-4H3/b14-12+. The summed E-state index contributed by atoms with van der Waals surface area (Å²) in [6, 6.07) is 15.0. The summed E-state index contributed by atoms with van der Waals surface area (Å²) in [5.74, 6) is 0. The Morgan fingerprint density at radius 1 is 0.889 bits per heavy atom. The molecule has 0 amide bonds. The van der Waals surface area contributed by atoms with Gasteiger partial charge in [-0.2, -0.15) is 0 Å². The zero-order chi connectivity index (χ0) is 13.1. The van der Waals surface area contributed by atoms with Crippen LogP contribution in [0.4, 0.5) is 0 Å². The topological polar surface area (TPSA) is 0 Å². The Labute approximate surface area is 110 Å². The van der Waals surface area contributed by atoms with Crippen LogP contribution in [0, 0.1) is 20.8 Å². The van der Waals surface area contributed by atoms with Gasteiger partial charge < -0.3 is 0 Å². The van der Waals surface area contributed by atoms with Crippen LogP contribution in [-0.4, -0.2) is 0 Å². The first-order valence-electron chi connectivity index (χ1n) is 6.39. The van der Waals surface area contributed by atoms with Gasteiger partial charge in [0.15, 0.2) is 0 Å². The smallest absolute Gasteiger partial charge is 0.0195 e. The van der Waals surface area contributed by atoms with Crippen LogP contribution < -0.4 is 0 Å². The molecule has 0 atom stereocenters. The van der Waals surface area contributed by atoms with Crippen molar-refractivity contribution in [1.82, 2.24) is 0 Å². The van der Waals surface area contributed by atoms with Gasteiger partial charge in [-0.3, -0.25) is 0 Å². The van der Waals surface area contributed by atoms with Gasteiger partial charge in [0, 0.05) is 0 Å². The van der Waals surface area contributed by atoms with Gasteiger partial charge in [-0.25, -0.2) is 0 Å². The van der Waals surface area contributed by atoms with Gasteiger partial charge >= 0.3 is 0 Å². The van der Waals surface area contributed by atoms with Crippen molar-refractivity contribution in [2.24, 2.45) is 0 Å². The Bertz CT molecular complexity index is 551. The normalized spacial score (nSPS) is 11.7. The molecule has 0 N–H and O–H groups in total. The Hall–Kier alpha value is -1.82. The summed E-state index contributed by atoms with van der Waals surface area (Å²) in [7, 11) is 0. The molecule has 0 saturated carbocycles. The van der Waals surface area contributed by atoms with Crippen molar-refractivity contribution in [2.45, 2.75) is 27.7 Å². The average molecular weight is 236 g/mol. The van der Waals surface area contributed by atoms with Crippen LogP contribution in [0.25, 0.3) is 11.6 Å². The van der Waals surface area contributed by atoms with E-state index in [0.29, 0.717) is 0 Å². The second-order valence-electron chi connectivity index (χ2n) is 5.01. The van der Waals surface area contributed by atoms with Gasteiger partial charge in [-0.05, 0) is 55.5 Å². The number of allylic oxidation sites excluding steroid dienone is 1. The molecule has 0 unspecified atom stereocenters. The van der Waals surface area contributed by atoms with Crippen molar-refractivity contribution in [1.29, 1.82) is 0 Å². The maximum atomic E-state index is 2.29. The minimum absolute atomic E-state index is 1.29. The fraction of sp³-hybridized carbons (Fsp3) is 0.222. The van der Waals surface area contributed by atoms with Crippen molar-refractivity contribution in [3.8, 4) is 0 Å². The molecular formula is C18H20. The quantitative estimate of drug-likeness (QED) is 0.631. The summed E-state index contributed by atoms with van der Waals surface area (Å²) in [4.78, 5) is 0. The first-order valence-corrected chi connectivity index (χ1v) is 6.39. The van der Waals surface area contributed by atoms with Crippen LogP contribution in [0.1, 0.15) is 34.7 Å². The highest BCUT2D eigenvalue weighted by Gasteiger charge is 2.02. The van der Waals surface area contributed by atoms with Gasteiger partial charge in [0.05, 0.1) is 0 Å². The maximum Gasteiger partial charge on any atom is -0.0195 e. The van der Waals surface area contributed by atoms with Gasteiger partial charge in [-0.1, -0.05) is 54.1 Å². The first-order chi connectivity index (χ1) is 8.58. The zero-order valence-electron chi connectivity index (χ0n) is 11.6. The van der Waals surface area contributed by atoms with Gasteiger partial charge in [0.1, 0.15) is 0 Å². The van der Waals surface area contributed by atoms with Crippen molar-refractivity contribution in [2.75, 3.05) is 0 Å². The van der Waals surface area contributed by atoms with Crippen molar-refractivity contribution < 1.29 is 0 Å². The summed E-state index contributed by atoms with van der Waals surface area (Å²) in [6.45, 7) is 8.69. The molecule has 2 aromatic carbocycles. The van der Waals surface area contributed by atoms with E-state index in [1.165, 1.54) is 33.4 Å². The number of hydrogen-bond donors (Lipinski definition) is 0. The Balaban J connectivity index is 2.45. The van der Waals surface area contributed by atoms with E-state index in [2.05, 4.69) is 76.2 Å². The summed E-state index contributed by atoms with van der Waals surface area (Å²) < 4.78 is 0. The average Bonchev–Trinajstić information content (AvgIpc) is 2.34. The van der Waals surface area contributed by atoms with Crippen molar-refractivity contribution in [3.05, 3.63) is 70.3 Å². The summed E-state index contributed by atoms with van der Waals surface area (Å²) >= 11 is 0. The van der Waals surface area contributed by atoms with Gasteiger partial charge in [0.25, 0.3) is 0 Å². The van der Waals surface area contributed by atoms with E-state index in [0.717, 1.165) is 0 Å². The molecule has 0 fully saturated rings. The molecule has 0 heteroatoms. The van der Waals surface area contributed by atoms with Gasteiger partial charge in [0.2, 0.25) is 0 Å². The molecule has 0 nitrogen and oxygen atoms in total. The van der Waals surface area contributed by atoms with Crippen LogP contribution in [0.15, 0.2) is 42.5 Å². The molecule has 0 aliphatic rings. The lowest BCUT2D eigenvalue weighted by Crippen LogP contribution is -1.89. The van der Waals surface area contributed by atoms with Crippen LogP contribution in [0.2, 0.25) is 0 Å². The molecular weight excluding hydrogens is 216 g/mol. The highest BCUT2D eigenvalue weighted by atomic mass is 14.1. The zero-order valence-corrected chi connectivity index (χ0v) is 11.6. The predicted molar refractivity (Wildman–Crippen MR) is 80.6 cm³/mol. The van der Waals surface area contributed by atoms with E-state index in [4.69, 9.17) is 0 Å². The van der Waals surface area contributed by atoms with Crippen LogP contribution in [0.3, 0.4) is 0 Å². The maximum absolute atomic E-state index is 2.29. The largest absolute Gasteiger partial charge is 0.0622 e. The number of hydrogen-bond acceptors (Lipinski definition) is 0. The molecule has 2 rings (SSSR count). The third-order valence-corrected chi connectivity index (χ3v) is 3.33. The third-order valence-electron chi connectivity index (χ3n) is 3.33.